The minimum atomic E-state index is -0.905. The van der Waals surface area contributed by atoms with E-state index < -0.39 is 11.9 Å². The third-order valence-corrected chi connectivity index (χ3v) is 6.97. The van der Waals surface area contributed by atoms with Crippen molar-refractivity contribution in [2.45, 2.75) is 194 Å². The van der Waals surface area contributed by atoms with E-state index in [4.69, 9.17) is 0 Å². The summed E-state index contributed by atoms with van der Waals surface area (Å²) in [6.45, 7) is 4.51. The monoisotopic (exact) mass is 720 g/mol. The van der Waals surface area contributed by atoms with Gasteiger partial charge in [-0.2, -0.15) is 0 Å². The molecule has 37 heavy (non-hydrogen) atoms. The normalized spacial score (nSPS) is 10.4. The first-order valence-corrected chi connectivity index (χ1v) is 15.9. The van der Waals surface area contributed by atoms with Crippen LogP contribution < -0.4 is 10.2 Å². The van der Waals surface area contributed by atoms with Crippen LogP contribution in [0.15, 0.2) is 0 Å². The molecule has 0 radical (unpaired) electrons. The number of carboxylic acids is 2. The molecule has 4 nitrogen and oxygen atoms in total. The van der Waals surface area contributed by atoms with Gasteiger partial charge in [0.1, 0.15) is 0 Å². The van der Waals surface area contributed by atoms with Gasteiger partial charge in [0.15, 0.2) is 0 Å². The zero-order chi connectivity index (χ0) is 27.0. The predicted molar refractivity (Wildman–Crippen MR) is 159 cm³/mol. The van der Waals surface area contributed by atoms with Crippen LogP contribution in [-0.2, 0) is 9.59 Å². The summed E-state index contributed by atoms with van der Waals surface area (Å²) in [5.41, 5.74) is 0. The van der Waals surface area contributed by atoms with E-state index >= 15 is 0 Å². The molecule has 0 bridgehead atoms. The van der Waals surface area contributed by atoms with Crippen LogP contribution in [0.2, 0.25) is 0 Å². The molecule has 0 spiro atoms. The van der Waals surface area contributed by atoms with Gasteiger partial charge in [-0.3, -0.25) is 0 Å². The van der Waals surface area contributed by atoms with Crippen LogP contribution in [0.5, 0.6) is 0 Å². The Hall–Kier alpha value is -0.138. The summed E-state index contributed by atoms with van der Waals surface area (Å²) in [6.07, 6.45) is 33.9. The average Bonchev–Trinajstić information content (AvgIpc) is 2.85. The van der Waals surface area contributed by atoms with Crippen molar-refractivity contribution in [1.82, 2.24) is 0 Å². The van der Waals surface area contributed by atoms with Crippen LogP contribution in [0.1, 0.15) is 194 Å². The van der Waals surface area contributed by atoms with E-state index in [2.05, 4.69) is 13.8 Å². The molecule has 0 aliphatic rings. The molecular weight excluding hydrogens is 656 g/mol. The standard InChI is InChI=1S/2C16H32O2.Pb.2H/c2*1-2-3-4-5-6-7-8-9-10-11-12-13-14-15-16(17)18;;;/h2*2-15H2,1H3,(H,17,18);;;/q;;+2;;/p-2. The molecule has 0 aromatic carbocycles. The molecule has 0 atom stereocenters. The number of carbonyl (C=O) groups is 2. The number of carboxylic acid groups (broad SMARTS) is 2. The number of aliphatic carboxylic acids is 2. The molecule has 0 aromatic heterocycles. The van der Waals surface area contributed by atoms with Crippen LogP contribution in [0.4, 0.5) is 0 Å². The summed E-state index contributed by atoms with van der Waals surface area (Å²) in [4.78, 5) is 20.4. The molecule has 0 amide bonds. The molecule has 0 rings (SSSR count). The Kier molecular flexibility index (Phi) is 42.5. The van der Waals surface area contributed by atoms with Crippen LogP contribution >= 0.6 is 0 Å². The Morgan fingerprint density at radius 3 is 0.676 bits per heavy atom. The van der Waals surface area contributed by atoms with Gasteiger partial charge in [0.25, 0.3) is 0 Å². The van der Waals surface area contributed by atoms with Gasteiger partial charge in [-0.1, -0.05) is 168 Å². The van der Waals surface area contributed by atoms with Crippen LogP contribution in [0.3, 0.4) is 0 Å². The molecule has 0 saturated carbocycles. The van der Waals surface area contributed by atoms with E-state index in [1.165, 1.54) is 141 Å². The van der Waals surface area contributed by atoms with Gasteiger partial charge in [-0.25, -0.2) is 0 Å². The molecule has 220 valence electrons. The van der Waals surface area contributed by atoms with Gasteiger partial charge < -0.3 is 19.8 Å². The maximum atomic E-state index is 10.2. The third-order valence-electron chi connectivity index (χ3n) is 6.97. The molecular formula is C32H64O4Pb. The van der Waals surface area contributed by atoms with E-state index in [1.54, 1.807) is 0 Å². The zero-order valence-electron chi connectivity index (χ0n) is 25.1. The molecule has 0 saturated heterocycles. The first kappa shape index (κ1) is 41.3. The number of hydrogen-bond donors (Lipinski definition) is 0. The van der Waals surface area contributed by atoms with E-state index in [1.807, 2.05) is 0 Å². The fourth-order valence-electron chi connectivity index (χ4n) is 4.57. The fourth-order valence-corrected chi connectivity index (χ4v) is 4.57. The molecule has 0 aromatic rings. The van der Waals surface area contributed by atoms with E-state index in [-0.39, 0.29) is 40.1 Å². The van der Waals surface area contributed by atoms with Crippen LogP contribution in [0, 0.1) is 0 Å². The maximum absolute atomic E-state index is 10.2. The summed E-state index contributed by atoms with van der Waals surface area (Å²) < 4.78 is 0. The van der Waals surface area contributed by atoms with E-state index in [0.717, 1.165) is 25.7 Å². The zero-order valence-corrected chi connectivity index (χ0v) is 30.6. The second-order valence-corrected chi connectivity index (χ2v) is 10.7. The Labute approximate surface area is 251 Å². The second-order valence-electron chi connectivity index (χ2n) is 10.7. The SMILES string of the molecule is CCCCCCCCCCCCCCCC(=O)[O-].CCCCCCCCCCCCCCCC(=O)[O-].[PbH2+2]. The fraction of sp³-hybridized carbons (Fsp3) is 0.938. The van der Waals surface area contributed by atoms with Gasteiger partial charge >= 0.3 is 27.3 Å². The first-order valence-electron chi connectivity index (χ1n) is 15.9. The van der Waals surface area contributed by atoms with Crippen LogP contribution in [-0.4, -0.2) is 39.2 Å². The summed E-state index contributed by atoms with van der Waals surface area (Å²) in [6, 6.07) is 0. The van der Waals surface area contributed by atoms with Gasteiger partial charge in [-0.05, 0) is 25.7 Å². The quantitative estimate of drug-likeness (QED) is 0.0619. The Bertz CT molecular complexity index is 403. The molecule has 0 N–H and O–H groups in total. The predicted octanol–water partition coefficient (Wildman–Crippen LogP) is 7.52. The number of rotatable bonds is 28. The molecule has 0 fully saturated rings. The average molecular weight is 720 g/mol. The Morgan fingerprint density at radius 1 is 0.351 bits per heavy atom. The number of unbranched alkanes of at least 4 members (excludes halogenated alkanes) is 24. The Balaban J connectivity index is -0.000000608. The molecule has 0 unspecified atom stereocenters. The molecule has 0 heterocycles. The summed E-state index contributed by atoms with van der Waals surface area (Å²) in [5, 5.41) is 20.4. The van der Waals surface area contributed by atoms with E-state index in [0.29, 0.717) is 0 Å². The minimum absolute atomic E-state index is 0. The van der Waals surface area contributed by atoms with Crippen LogP contribution in [0.25, 0.3) is 0 Å². The van der Waals surface area contributed by atoms with Crippen molar-refractivity contribution in [3.05, 3.63) is 0 Å². The van der Waals surface area contributed by atoms with Crippen molar-refractivity contribution in [2.75, 3.05) is 0 Å². The first-order chi connectivity index (χ1) is 17.5. The van der Waals surface area contributed by atoms with Crippen molar-refractivity contribution in [2.24, 2.45) is 0 Å². The van der Waals surface area contributed by atoms with Crippen molar-refractivity contribution in [1.29, 1.82) is 0 Å². The van der Waals surface area contributed by atoms with Crippen molar-refractivity contribution < 1.29 is 19.8 Å². The van der Waals surface area contributed by atoms with Gasteiger partial charge in [0.05, 0.1) is 0 Å². The van der Waals surface area contributed by atoms with Crippen molar-refractivity contribution in [3.63, 3.8) is 0 Å². The molecule has 0 aliphatic heterocycles. The number of carbonyl (C=O) groups excluding carboxylic acids is 2. The number of hydrogen-bond acceptors (Lipinski definition) is 4. The Morgan fingerprint density at radius 2 is 0.514 bits per heavy atom. The van der Waals surface area contributed by atoms with Gasteiger partial charge in [0, 0.05) is 11.9 Å². The van der Waals surface area contributed by atoms with Crippen molar-refractivity contribution in [3.8, 4) is 0 Å². The van der Waals surface area contributed by atoms with Crippen molar-refractivity contribution >= 4 is 39.2 Å². The third kappa shape index (κ3) is 46.1. The summed E-state index contributed by atoms with van der Waals surface area (Å²) in [7, 11) is 0. The molecule has 0 aliphatic carbocycles. The topological polar surface area (TPSA) is 80.3 Å². The molecule has 5 heteroatoms. The van der Waals surface area contributed by atoms with E-state index in [9.17, 15) is 19.8 Å². The summed E-state index contributed by atoms with van der Waals surface area (Å²) in [5.74, 6) is -1.81. The second kappa shape index (κ2) is 38.0. The summed E-state index contributed by atoms with van der Waals surface area (Å²) >= 11 is 0. The van der Waals surface area contributed by atoms with Gasteiger partial charge in [-0.15, -0.1) is 0 Å². The van der Waals surface area contributed by atoms with Gasteiger partial charge in [0.2, 0.25) is 0 Å².